The Morgan fingerprint density at radius 2 is 1.72 bits per heavy atom. The predicted molar refractivity (Wildman–Crippen MR) is 75.2 cm³/mol. The van der Waals surface area contributed by atoms with Gasteiger partial charge in [-0.15, -0.1) is 0 Å². The number of benzene rings is 2. The number of rotatable bonds is 5. The summed E-state index contributed by atoms with van der Waals surface area (Å²) in [5.41, 5.74) is 1.16. The fraction of sp³-hybridized carbons (Fsp3) is 0.200. The molecule has 1 N–H and O–H groups in total. The topological polar surface area (TPSA) is 21.3 Å². The molecule has 1 unspecified atom stereocenters. The maximum absolute atomic E-state index is 5.88. The van der Waals surface area contributed by atoms with E-state index in [-0.39, 0.29) is 6.04 Å². The maximum Gasteiger partial charge on any atom is 0.119 e. The van der Waals surface area contributed by atoms with Crippen LogP contribution >= 0.6 is 11.6 Å². The number of hydrogen-bond acceptors (Lipinski definition) is 2. The lowest BCUT2D eigenvalue weighted by Gasteiger charge is -2.17. The second-order valence-electron chi connectivity index (χ2n) is 4.02. The Balaban J connectivity index is 1.99. The third kappa shape index (κ3) is 3.49. The van der Waals surface area contributed by atoms with Gasteiger partial charge in [0.1, 0.15) is 12.4 Å². The summed E-state index contributed by atoms with van der Waals surface area (Å²) in [7, 11) is 1.92. The molecule has 0 aromatic heterocycles. The molecule has 0 bridgehead atoms. The van der Waals surface area contributed by atoms with Crippen LogP contribution in [0.1, 0.15) is 11.6 Å². The van der Waals surface area contributed by atoms with Gasteiger partial charge < -0.3 is 10.1 Å². The molecule has 2 aromatic carbocycles. The van der Waals surface area contributed by atoms with Crippen LogP contribution in [0, 0.1) is 0 Å². The Labute approximate surface area is 113 Å². The number of ether oxygens (including phenoxy) is 1. The second kappa shape index (κ2) is 6.43. The zero-order valence-electron chi connectivity index (χ0n) is 10.3. The van der Waals surface area contributed by atoms with Crippen LogP contribution in [0.4, 0.5) is 0 Å². The quantitative estimate of drug-likeness (QED) is 0.887. The van der Waals surface area contributed by atoms with E-state index < -0.39 is 0 Å². The summed E-state index contributed by atoms with van der Waals surface area (Å²) < 4.78 is 5.75. The van der Waals surface area contributed by atoms with Crippen molar-refractivity contribution in [1.82, 2.24) is 5.32 Å². The molecule has 3 heteroatoms. The number of nitrogens with one attached hydrogen (secondary N) is 1. The Hall–Kier alpha value is -1.51. The maximum atomic E-state index is 5.88. The lowest BCUT2D eigenvalue weighted by Crippen LogP contribution is -2.23. The third-order valence-corrected chi connectivity index (χ3v) is 3.03. The molecule has 1 atom stereocenters. The number of para-hydroxylation sites is 1. The van der Waals surface area contributed by atoms with E-state index in [1.807, 2.05) is 61.6 Å². The second-order valence-corrected chi connectivity index (χ2v) is 4.45. The number of halogens is 1. The Morgan fingerprint density at radius 1 is 1.06 bits per heavy atom. The van der Waals surface area contributed by atoms with Crippen LogP contribution in [0.15, 0.2) is 54.6 Å². The van der Waals surface area contributed by atoms with Gasteiger partial charge in [0.05, 0.1) is 6.04 Å². The molecule has 0 aliphatic carbocycles. The minimum absolute atomic E-state index is 0.155. The van der Waals surface area contributed by atoms with Gasteiger partial charge in [-0.2, -0.15) is 0 Å². The van der Waals surface area contributed by atoms with Crippen LogP contribution in [0.3, 0.4) is 0 Å². The van der Waals surface area contributed by atoms with Gasteiger partial charge in [0.25, 0.3) is 0 Å². The molecule has 0 fully saturated rings. The molecule has 2 aromatic rings. The van der Waals surface area contributed by atoms with E-state index in [0.29, 0.717) is 6.61 Å². The molecule has 2 rings (SSSR count). The first kappa shape index (κ1) is 12.9. The molecular weight excluding hydrogens is 246 g/mol. The zero-order valence-corrected chi connectivity index (χ0v) is 11.0. The Kier molecular flexibility index (Phi) is 4.62. The van der Waals surface area contributed by atoms with Gasteiger partial charge in [-0.3, -0.25) is 0 Å². The first-order valence-corrected chi connectivity index (χ1v) is 6.28. The highest BCUT2D eigenvalue weighted by atomic mass is 35.5. The molecular formula is C15H16ClNO. The molecule has 0 heterocycles. The highest BCUT2D eigenvalue weighted by Gasteiger charge is 2.09. The van der Waals surface area contributed by atoms with Crippen molar-refractivity contribution in [1.29, 1.82) is 0 Å². The van der Waals surface area contributed by atoms with Gasteiger partial charge >= 0.3 is 0 Å². The first-order chi connectivity index (χ1) is 8.79. The summed E-state index contributed by atoms with van der Waals surface area (Å²) in [6.45, 7) is 0.585. The summed E-state index contributed by atoms with van der Waals surface area (Å²) in [4.78, 5) is 0. The van der Waals surface area contributed by atoms with E-state index in [2.05, 4.69) is 5.32 Å². The summed E-state index contributed by atoms with van der Waals surface area (Å²) in [5, 5.41) is 3.99. The summed E-state index contributed by atoms with van der Waals surface area (Å²) in [6.07, 6.45) is 0. The summed E-state index contributed by atoms with van der Waals surface area (Å²) in [6, 6.07) is 17.8. The van der Waals surface area contributed by atoms with Crippen molar-refractivity contribution in [2.75, 3.05) is 13.7 Å². The lowest BCUT2D eigenvalue weighted by molar-refractivity contribution is 0.273. The minimum Gasteiger partial charge on any atom is -0.492 e. The molecule has 0 amide bonds. The van der Waals surface area contributed by atoms with E-state index in [1.165, 1.54) is 0 Å². The SMILES string of the molecule is CNC(COc1ccccc1)c1ccc(Cl)cc1. The van der Waals surface area contributed by atoms with Gasteiger partial charge in [0, 0.05) is 5.02 Å². The van der Waals surface area contributed by atoms with Crippen molar-refractivity contribution in [3.63, 3.8) is 0 Å². The standard InChI is InChI=1S/C15H16ClNO/c1-17-15(12-7-9-13(16)10-8-12)11-18-14-5-3-2-4-6-14/h2-10,15,17H,11H2,1H3. The molecule has 2 nitrogen and oxygen atoms in total. The van der Waals surface area contributed by atoms with Crippen molar-refractivity contribution >= 4 is 11.6 Å². The predicted octanol–water partition coefficient (Wildman–Crippen LogP) is 3.68. The minimum atomic E-state index is 0.155. The third-order valence-electron chi connectivity index (χ3n) is 2.78. The van der Waals surface area contributed by atoms with Gasteiger partial charge in [-0.05, 0) is 36.9 Å². The van der Waals surface area contributed by atoms with E-state index in [1.54, 1.807) is 0 Å². The number of likely N-dealkylation sites (N-methyl/N-ethyl adjacent to an activating group) is 1. The average molecular weight is 262 g/mol. The first-order valence-electron chi connectivity index (χ1n) is 5.90. The average Bonchev–Trinajstić information content (AvgIpc) is 2.42. The lowest BCUT2D eigenvalue weighted by atomic mass is 10.1. The van der Waals surface area contributed by atoms with Crippen molar-refractivity contribution in [3.05, 3.63) is 65.2 Å². The molecule has 0 radical (unpaired) electrons. The van der Waals surface area contributed by atoms with Crippen LogP contribution < -0.4 is 10.1 Å². The molecule has 0 saturated heterocycles. The zero-order chi connectivity index (χ0) is 12.8. The van der Waals surface area contributed by atoms with E-state index >= 15 is 0 Å². The molecule has 94 valence electrons. The monoisotopic (exact) mass is 261 g/mol. The summed E-state index contributed by atoms with van der Waals surface area (Å²) in [5.74, 6) is 0.881. The highest BCUT2D eigenvalue weighted by molar-refractivity contribution is 6.30. The van der Waals surface area contributed by atoms with Crippen LogP contribution in [-0.2, 0) is 0 Å². The van der Waals surface area contributed by atoms with Crippen LogP contribution in [0.2, 0.25) is 5.02 Å². The fourth-order valence-electron chi connectivity index (χ4n) is 1.74. The van der Waals surface area contributed by atoms with Gasteiger partial charge in [-0.1, -0.05) is 41.9 Å². The molecule has 0 aliphatic rings. The summed E-state index contributed by atoms with van der Waals surface area (Å²) >= 11 is 5.88. The van der Waals surface area contributed by atoms with Crippen molar-refractivity contribution in [3.8, 4) is 5.75 Å². The Bertz CT molecular complexity index is 470. The number of hydrogen-bond donors (Lipinski definition) is 1. The van der Waals surface area contributed by atoms with Crippen molar-refractivity contribution in [2.24, 2.45) is 0 Å². The smallest absolute Gasteiger partial charge is 0.119 e. The van der Waals surface area contributed by atoms with Crippen molar-refractivity contribution in [2.45, 2.75) is 6.04 Å². The van der Waals surface area contributed by atoms with Gasteiger partial charge in [0.2, 0.25) is 0 Å². The normalized spacial score (nSPS) is 12.1. The van der Waals surface area contributed by atoms with Gasteiger partial charge in [-0.25, -0.2) is 0 Å². The largest absolute Gasteiger partial charge is 0.492 e. The van der Waals surface area contributed by atoms with Gasteiger partial charge in [0.15, 0.2) is 0 Å². The highest BCUT2D eigenvalue weighted by Crippen LogP contribution is 2.18. The molecule has 0 spiro atoms. The van der Waals surface area contributed by atoms with Crippen molar-refractivity contribution < 1.29 is 4.74 Å². The van der Waals surface area contributed by atoms with Crippen LogP contribution in [-0.4, -0.2) is 13.7 Å². The van der Waals surface area contributed by atoms with E-state index in [0.717, 1.165) is 16.3 Å². The molecule has 18 heavy (non-hydrogen) atoms. The van der Waals surface area contributed by atoms with Crippen LogP contribution in [0.5, 0.6) is 5.75 Å². The van der Waals surface area contributed by atoms with E-state index in [4.69, 9.17) is 16.3 Å². The molecule has 0 aliphatic heterocycles. The molecule has 0 saturated carbocycles. The van der Waals surface area contributed by atoms with E-state index in [9.17, 15) is 0 Å². The van der Waals surface area contributed by atoms with Crippen LogP contribution in [0.25, 0.3) is 0 Å². The Morgan fingerprint density at radius 3 is 2.33 bits per heavy atom. The fourth-order valence-corrected chi connectivity index (χ4v) is 1.86.